The first-order valence-electron chi connectivity index (χ1n) is 6.00. The Morgan fingerprint density at radius 2 is 2.27 bits per heavy atom. The molecule has 15 heavy (non-hydrogen) atoms. The third-order valence-electron chi connectivity index (χ3n) is 2.72. The van der Waals surface area contributed by atoms with Crippen LogP contribution in [-0.2, 0) is 9.47 Å². The van der Waals surface area contributed by atoms with Crippen LogP contribution < -0.4 is 5.32 Å². The summed E-state index contributed by atoms with van der Waals surface area (Å²) in [5.41, 5.74) is 0.232. The van der Waals surface area contributed by atoms with Gasteiger partial charge in [0.1, 0.15) is 0 Å². The Kier molecular flexibility index (Phi) is 5.58. The van der Waals surface area contributed by atoms with Crippen molar-refractivity contribution in [3.8, 4) is 0 Å². The lowest BCUT2D eigenvalue weighted by molar-refractivity contribution is 0.0373. The summed E-state index contributed by atoms with van der Waals surface area (Å²) in [5.74, 6) is 0.625. The number of hydrogen-bond donors (Lipinski definition) is 1. The van der Waals surface area contributed by atoms with E-state index in [2.05, 4.69) is 26.1 Å². The monoisotopic (exact) mass is 215 g/mol. The van der Waals surface area contributed by atoms with E-state index >= 15 is 0 Å². The minimum Gasteiger partial charge on any atom is -0.381 e. The fourth-order valence-corrected chi connectivity index (χ4v) is 1.73. The maximum Gasteiger partial charge on any atom is 0.0529 e. The Morgan fingerprint density at radius 1 is 1.47 bits per heavy atom. The predicted molar refractivity (Wildman–Crippen MR) is 62.1 cm³/mol. The van der Waals surface area contributed by atoms with Crippen LogP contribution in [0.1, 0.15) is 27.2 Å². The van der Waals surface area contributed by atoms with Gasteiger partial charge in [0.25, 0.3) is 0 Å². The third-order valence-corrected chi connectivity index (χ3v) is 2.72. The van der Waals surface area contributed by atoms with Crippen LogP contribution in [-0.4, -0.2) is 39.5 Å². The molecule has 1 rings (SSSR count). The molecule has 0 aromatic carbocycles. The number of ether oxygens (including phenoxy) is 2. The molecular formula is C12H25NO2. The van der Waals surface area contributed by atoms with Crippen molar-refractivity contribution in [2.24, 2.45) is 11.3 Å². The van der Waals surface area contributed by atoms with Crippen LogP contribution in [0.5, 0.6) is 0 Å². The largest absolute Gasteiger partial charge is 0.381 e. The van der Waals surface area contributed by atoms with Gasteiger partial charge in [-0.3, -0.25) is 0 Å². The van der Waals surface area contributed by atoms with E-state index in [0.29, 0.717) is 5.92 Å². The summed E-state index contributed by atoms with van der Waals surface area (Å²) in [4.78, 5) is 0. The SMILES string of the molecule is CCNCC(C)(C)COCC1CCOC1. The highest BCUT2D eigenvalue weighted by atomic mass is 16.5. The second kappa shape index (κ2) is 6.46. The summed E-state index contributed by atoms with van der Waals surface area (Å²) in [5, 5.41) is 3.36. The molecule has 1 aliphatic heterocycles. The Balaban J connectivity index is 2.06. The van der Waals surface area contributed by atoms with Crippen LogP contribution in [0.25, 0.3) is 0 Å². The number of hydrogen-bond acceptors (Lipinski definition) is 3. The van der Waals surface area contributed by atoms with E-state index in [9.17, 15) is 0 Å². The van der Waals surface area contributed by atoms with Crippen molar-refractivity contribution >= 4 is 0 Å². The second-order valence-electron chi connectivity index (χ2n) is 5.19. The maximum atomic E-state index is 5.76. The number of nitrogens with one attached hydrogen (secondary N) is 1. The van der Waals surface area contributed by atoms with Gasteiger partial charge in [0.15, 0.2) is 0 Å². The van der Waals surface area contributed by atoms with E-state index in [1.807, 2.05) is 0 Å². The van der Waals surface area contributed by atoms with Crippen LogP contribution in [0.3, 0.4) is 0 Å². The van der Waals surface area contributed by atoms with Crippen molar-refractivity contribution in [1.82, 2.24) is 5.32 Å². The van der Waals surface area contributed by atoms with Gasteiger partial charge in [-0.25, -0.2) is 0 Å². The topological polar surface area (TPSA) is 30.5 Å². The van der Waals surface area contributed by atoms with Crippen LogP contribution >= 0.6 is 0 Å². The zero-order valence-electron chi connectivity index (χ0n) is 10.3. The first kappa shape index (κ1) is 12.9. The van der Waals surface area contributed by atoms with Crippen molar-refractivity contribution in [2.45, 2.75) is 27.2 Å². The minimum absolute atomic E-state index is 0.232. The van der Waals surface area contributed by atoms with Crippen molar-refractivity contribution in [1.29, 1.82) is 0 Å². The zero-order chi connectivity index (χ0) is 11.1. The van der Waals surface area contributed by atoms with Crippen molar-refractivity contribution in [2.75, 3.05) is 39.5 Å². The van der Waals surface area contributed by atoms with Gasteiger partial charge >= 0.3 is 0 Å². The molecule has 0 saturated carbocycles. The maximum absolute atomic E-state index is 5.76. The van der Waals surface area contributed by atoms with E-state index in [1.54, 1.807) is 0 Å². The van der Waals surface area contributed by atoms with E-state index in [0.717, 1.165) is 45.9 Å². The lowest BCUT2D eigenvalue weighted by Crippen LogP contribution is -2.33. The molecule has 0 aromatic heterocycles. The highest BCUT2D eigenvalue weighted by Crippen LogP contribution is 2.17. The van der Waals surface area contributed by atoms with Gasteiger partial charge in [0, 0.05) is 24.5 Å². The first-order valence-corrected chi connectivity index (χ1v) is 6.00. The summed E-state index contributed by atoms with van der Waals surface area (Å²) in [6, 6.07) is 0. The third kappa shape index (κ3) is 5.50. The van der Waals surface area contributed by atoms with Crippen molar-refractivity contribution in [3.05, 3.63) is 0 Å². The fraction of sp³-hybridized carbons (Fsp3) is 1.00. The summed E-state index contributed by atoms with van der Waals surface area (Å²) < 4.78 is 11.1. The van der Waals surface area contributed by atoms with Gasteiger partial charge in [0.2, 0.25) is 0 Å². The fourth-order valence-electron chi connectivity index (χ4n) is 1.73. The average molecular weight is 215 g/mol. The second-order valence-corrected chi connectivity index (χ2v) is 5.19. The van der Waals surface area contributed by atoms with Crippen LogP contribution in [0, 0.1) is 11.3 Å². The standard InChI is InChI=1S/C12H25NO2/c1-4-13-9-12(2,3)10-15-8-11-5-6-14-7-11/h11,13H,4-10H2,1-3H3. The van der Waals surface area contributed by atoms with Crippen LogP contribution in [0.4, 0.5) is 0 Å². The van der Waals surface area contributed by atoms with E-state index in [-0.39, 0.29) is 5.41 Å². The molecule has 0 aromatic rings. The molecule has 1 atom stereocenters. The smallest absolute Gasteiger partial charge is 0.0529 e. The van der Waals surface area contributed by atoms with Crippen LogP contribution in [0.15, 0.2) is 0 Å². The normalized spacial score (nSPS) is 22.2. The minimum atomic E-state index is 0.232. The summed E-state index contributed by atoms with van der Waals surface area (Å²) in [6.07, 6.45) is 1.16. The Labute approximate surface area is 93.5 Å². The molecule has 1 saturated heterocycles. The molecule has 0 radical (unpaired) electrons. The Morgan fingerprint density at radius 3 is 2.87 bits per heavy atom. The molecule has 1 N–H and O–H groups in total. The summed E-state index contributed by atoms with van der Waals surface area (Å²) >= 11 is 0. The molecule has 1 aliphatic rings. The molecule has 3 heteroatoms. The molecule has 0 amide bonds. The number of rotatable bonds is 7. The molecule has 1 heterocycles. The highest BCUT2D eigenvalue weighted by Gasteiger charge is 2.20. The molecule has 1 unspecified atom stereocenters. The summed E-state index contributed by atoms with van der Waals surface area (Å²) in [7, 11) is 0. The molecule has 0 spiro atoms. The Bertz CT molecular complexity index is 165. The van der Waals surface area contributed by atoms with Gasteiger partial charge in [0.05, 0.1) is 19.8 Å². The Hall–Kier alpha value is -0.120. The molecular weight excluding hydrogens is 190 g/mol. The zero-order valence-corrected chi connectivity index (χ0v) is 10.3. The van der Waals surface area contributed by atoms with Crippen LogP contribution in [0.2, 0.25) is 0 Å². The van der Waals surface area contributed by atoms with Crippen molar-refractivity contribution < 1.29 is 9.47 Å². The predicted octanol–water partition coefficient (Wildman–Crippen LogP) is 1.68. The lowest BCUT2D eigenvalue weighted by Gasteiger charge is -2.25. The quantitative estimate of drug-likeness (QED) is 0.701. The van der Waals surface area contributed by atoms with Gasteiger partial charge in [-0.1, -0.05) is 20.8 Å². The van der Waals surface area contributed by atoms with Gasteiger partial charge in [-0.05, 0) is 13.0 Å². The van der Waals surface area contributed by atoms with E-state index in [4.69, 9.17) is 9.47 Å². The lowest BCUT2D eigenvalue weighted by atomic mass is 9.95. The molecule has 1 fully saturated rings. The van der Waals surface area contributed by atoms with Gasteiger partial charge in [-0.2, -0.15) is 0 Å². The van der Waals surface area contributed by atoms with Gasteiger partial charge < -0.3 is 14.8 Å². The highest BCUT2D eigenvalue weighted by molar-refractivity contribution is 4.71. The first-order chi connectivity index (χ1) is 7.14. The molecule has 0 aliphatic carbocycles. The molecule has 0 bridgehead atoms. The van der Waals surface area contributed by atoms with Crippen molar-refractivity contribution in [3.63, 3.8) is 0 Å². The molecule has 3 nitrogen and oxygen atoms in total. The molecule has 90 valence electrons. The van der Waals surface area contributed by atoms with E-state index < -0.39 is 0 Å². The van der Waals surface area contributed by atoms with E-state index in [1.165, 1.54) is 0 Å². The average Bonchev–Trinajstić information content (AvgIpc) is 2.67. The summed E-state index contributed by atoms with van der Waals surface area (Å²) in [6.45, 7) is 12.1. The van der Waals surface area contributed by atoms with Gasteiger partial charge in [-0.15, -0.1) is 0 Å².